The number of benzene rings is 2. The van der Waals surface area contributed by atoms with Crippen LogP contribution in [0, 0.1) is 10.1 Å². The summed E-state index contributed by atoms with van der Waals surface area (Å²) in [5.41, 5.74) is 3.31. The molecule has 0 spiro atoms. The third kappa shape index (κ3) is 6.84. The quantitative estimate of drug-likeness (QED) is 0.109. The molecular weight excluding hydrogens is 454 g/mol. The second kappa shape index (κ2) is 12.9. The van der Waals surface area contributed by atoms with Crippen LogP contribution in [0.25, 0.3) is 21.8 Å². The molecule has 0 fully saturated rings. The number of nitro groups is 1. The Morgan fingerprint density at radius 3 is 2.31 bits per heavy atom. The Morgan fingerprint density at radius 2 is 1.66 bits per heavy atom. The Kier molecular flexibility index (Phi) is 9.71. The SMILES string of the molecule is CCn1c2ccc(C(CCCOCCOCCOC)=NOC(C)=O)cc2c2cc([N+](=O)[O-])ccc21. The molecule has 0 aliphatic carbocycles. The maximum Gasteiger partial charge on any atom is 0.331 e. The first-order valence-electron chi connectivity index (χ1n) is 11.6. The van der Waals surface area contributed by atoms with Crippen LogP contribution in [0.1, 0.15) is 32.3 Å². The van der Waals surface area contributed by atoms with Crippen molar-refractivity contribution in [2.75, 3.05) is 40.1 Å². The Bertz CT molecular complexity index is 1200. The molecule has 0 saturated heterocycles. The lowest BCUT2D eigenvalue weighted by atomic mass is 10.0. The van der Waals surface area contributed by atoms with Gasteiger partial charge in [0.15, 0.2) is 0 Å². The number of oxime groups is 1. The van der Waals surface area contributed by atoms with E-state index in [0.29, 0.717) is 51.6 Å². The molecule has 35 heavy (non-hydrogen) atoms. The lowest BCUT2D eigenvalue weighted by molar-refractivity contribution is -0.384. The molecule has 0 bridgehead atoms. The van der Waals surface area contributed by atoms with Crippen molar-refractivity contribution in [3.63, 3.8) is 0 Å². The van der Waals surface area contributed by atoms with Crippen molar-refractivity contribution in [1.82, 2.24) is 4.57 Å². The molecule has 10 nitrogen and oxygen atoms in total. The number of carbonyl (C=O) groups excluding carboxylic acids is 1. The van der Waals surface area contributed by atoms with Crippen LogP contribution in [0.15, 0.2) is 41.6 Å². The van der Waals surface area contributed by atoms with Crippen molar-refractivity contribution in [2.24, 2.45) is 5.16 Å². The zero-order valence-electron chi connectivity index (χ0n) is 20.3. The predicted molar refractivity (Wildman–Crippen MR) is 133 cm³/mol. The summed E-state index contributed by atoms with van der Waals surface area (Å²) in [5, 5.41) is 17.1. The first-order chi connectivity index (χ1) is 17.0. The Labute approximate surface area is 203 Å². The number of rotatable bonds is 14. The van der Waals surface area contributed by atoms with Gasteiger partial charge in [0, 0.05) is 66.7 Å². The molecule has 2 aromatic carbocycles. The number of carbonyl (C=O) groups is 1. The lowest BCUT2D eigenvalue weighted by Crippen LogP contribution is -2.10. The summed E-state index contributed by atoms with van der Waals surface area (Å²) in [6, 6.07) is 10.7. The zero-order chi connectivity index (χ0) is 25.2. The third-order valence-electron chi connectivity index (χ3n) is 5.50. The molecule has 3 aromatic rings. The molecule has 188 valence electrons. The van der Waals surface area contributed by atoms with Crippen molar-refractivity contribution >= 4 is 39.2 Å². The molecule has 0 radical (unpaired) electrons. The number of nitrogens with zero attached hydrogens (tertiary/aromatic N) is 3. The van der Waals surface area contributed by atoms with Gasteiger partial charge in [-0.1, -0.05) is 11.2 Å². The Morgan fingerprint density at radius 1 is 1.00 bits per heavy atom. The highest BCUT2D eigenvalue weighted by Gasteiger charge is 2.16. The minimum Gasteiger partial charge on any atom is -0.382 e. The van der Waals surface area contributed by atoms with Gasteiger partial charge in [-0.2, -0.15) is 0 Å². The molecule has 0 amide bonds. The topological polar surface area (TPSA) is 114 Å². The van der Waals surface area contributed by atoms with Crippen LogP contribution in [0.5, 0.6) is 0 Å². The van der Waals surface area contributed by atoms with E-state index >= 15 is 0 Å². The predicted octanol–water partition coefficient (Wildman–Crippen LogP) is 4.45. The van der Waals surface area contributed by atoms with E-state index in [2.05, 4.69) is 9.72 Å². The summed E-state index contributed by atoms with van der Waals surface area (Å²) in [6.45, 7) is 6.58. The van der Waals surface area contributed by atoms with E-state index in [1.54, 1.807) is 19.2 Å². The maximum atomic E-state index is 11.4. The first-order valence-corrected chi connectivity index (χ1v) is 11.6. The van der Waals surface area contributed by atoms with Crippen molar-refractivity contribution in [3.05, 3.63) is 52.1 Å². The van der Waals surface area contributed by atoms with Crippen LogP contribution in [-0.2, 0) is 30.4 Å². The van der Waals surface area contributed by atoms with Gasteiger partial charge in [0.2, 0.25) is 0 Å². The van der Waals surface area contributed by atoms with Crippen molar-refractivity contribution in [3.8, 4) is 0 Å². The van der Waals surface area contributed by atoms with Crippen LogP contribution in [0.3, 0.4) is 0 Å². The van der Waals surface area contributed by atoms with Gasteiger partial charge in [-0.25, -0.2) is 4.79 Å². The molecular formula is C25H31N3O7. The number of aryl methyl sites for hydroxylation is 1. The molecule has 0 aliphatic rings. The van der Waals surface area contributed by atoms with Gasteiger partial charge in [-0.3, -0.25) is 10.1 Å². The summed E-state index contributed by atoms with van der Waals surface area (Å²) >= 11 is 0. The molecule has 0 unspecified atom stereocenters. The molecule has 1 heterocycles. The van der Waals surface area contributed by atoms with Gasteiger partial charge in [-0.05, 0) is 38.0 Å². The minimum atomic E-state index is -0.508. The first kappa shape index (κ1) is 26.3. The Balaban J connectivity index is 1.80. The van der Waals surface area contributed by atoms with Crippen LogP contribution in [0.2, 0.25) is 0 Å². The molecule has 10 heteroatoms. The average molecular weight is 486 g/mol. The smallest absolute Gasteiger partial charge is 0.331 e. The van der Waals surface area contributed by atoms with E-state index in [1.165, 1.54) is 13.0 Å². The zero-order valence-corrected chi connectivity index (χ0v) is 20.3. The second-order valence-corrected chi connectivity index (χ2v) is 7.88. The fourth-order valence-corrected chi connectivity index (χ4v) is 3.89. The number of methoxy groups -OCH3 is 1. The summed E-state index contributed by atoms with van der Waals surface area (Å²) in [7, 11) is 1.62. The normalized spacial score (nSPS) is 11.9. The van der Waals surface area contributed by atoms with E-state index in [4.69, 9.17) is 19.0 Å². The number of non-ortho nitro benzene ring substituents is 1. The van der Waals surface area contributed by atoms with Gasteiger partial charge < -0.3 is 23.6 Å². The monoisotopic (exact) mass is 485 g/mol. The summed E-state index contributed by atoms with van der Waals surface area (Å²) < 4.78 is 18.0. The van der Waals surface area contributed by atoms with Crippen molar-refractivity contribution < 1.29 is 28.8 Å². The maximum absolute atomic E-state index is 11.4. The third-order valence-corrected chi connectivity index (χ3v) is 5.50. The molecule has 0 atom stereocenters. The van der Waals surface area contributed by atoms with Crippen LogP contribution < -0.4 is 0 Å². The molecule has 0 aliphatic heterocycles. The molecule has 0 N–H and O–H groups in total. The van der Waals surface area contributed by atoms with Crippen LogP contribution in [-0.4, -0.2) is 61.3 Å². The van der Waals surface area contributed by atoms with E-state index in [9.17, 15) is 14.9 Å². The summed E-state index contributed by atoms with van der Waals surface area (Å²) in [5.74, 6) is -0.508. The van der Waals surface area contributed by atoms with Crippen molar-refractivity contribution in [1.29, 1.82) is 0 Å². The highest BCUT2D eigenvalue weighted by atomic mass is 16.7. The fraction of sp³-hybridized carbons (Fsp3) is 0.440. The molecule has 3 rings (SSSR count). The summed E-state index contributed by atoms with van der Waals surface area (Å²) in [4.78, 5) is 27.3. The van der Waals surface area contributed by atoms with Gasteiger partial charge in [0.25, 0.3) is 5.69 Å². The van der Waals surface area contributed by atoms with E-state index in [0.717, 1.165) is 33.9 Å². The standard InChI is InChI=1S/C25H31N3O7/c1-4-27-24-9-7-19(16-21(24)22-17-20(28(30)31)8-10-25(22)27)23(26-35-18(2)29)6-5-11-33-14-15-34-13-12-32-3/h7-10,16-17H,4-6,11-15H2,1-3H3. The van der Waals surface area contributed by atoms with Crippen LogP contribution >= 0.6 is 0 Å². The van der Waals surface area contributed by atoms with Crippen molar-refractivity contribution in [2.45, 2.75) is 33.2 Å². The number of fused-ring (bicyclic) bond motifs is 3. The highest BCUT2D eigenvalue weighted by Crippen LogP contribution is 2.32. The van der Waals surface area contributed by atoms with Gasteiger partial charge in [0.05, 0.1) is 37.1 Å². The molecule has 1 aromatic heterocycles. The second-order valence-electron chi connectivity index (χ2n) is 7.88. The van der Waals surface area contributed by atoms with Gasteiger partial charge in [-0.15, -0.1) is 0 Å². The van der Waals surface area contributed by atoms with E-state index in [1.807, 2.05) is 25.1 Å². The number of ether oxygens (including phenoxy) is 3. The number of nitro benzene ring substituents is 1. The average Bonchev–Trinajstić information content (AvgIpc) is 3.16. The van der Waals surface area contributed by atoms with Crippen LogP contribution in [0.4, 0.5) is 5.69 Å². The minimum absolute atomic E-state index is 0.0372. The number of hydrogen-bond donors (Lipinski definition) is 0. The highest BCUT2D eigenvalue weighted by molar-refractivity contribution is 6.12. The fourth-order valence-electron chi connectivity index (χ4n) is 3.89. The van der Waals surface area contributed by atoms with Gasteiger partial charge >= 0.3 is 5.97 Å². The van der Waals surface area contributed by atoms with E-state index < -0.39 is 10.9 Å². The van der Waals surface area contributed by atoms with Gasteiger partial charge in [0.1, 0.15) is 0 Å². The molecule has 0 saturated carbocycles. The van der Waals surface area contributed by atoms with E-state index in [-0.39, 0.29) is 5.69 Å². The number of hydrogen-bond acceptors (Lipinski definition) is 8. The Hall–Kier alpha value is -3.34. The largest absolute Gasteiger partial charge is 0.382 e. The number of aromatic nitrogens is 1. The lowest BCUT2D eigenvalue weighted by Gasteiger charge is -2.09. The summed E-state index contributed by atoms with van der Waals surface area (Å²) in [6.07, 6.45) is 1.19.